The third-order valence-corrected chi connectivity index (χ3v) is 11.2. The molecule has 10 atom stereocenters. The van der Waals surface area contributed by atoms with Crippen molar-refractivity contribution in [1.82, 2.24) is 0 Å². The van der Waals surface area contributed by atoms with Gasteiger partial charge in [-0.2, -0.15) is 0 Å². The smallest absolute Gasteiger partial charge is 0.0648 e. The fourth-order valence-corrected chi connectivity index (χ4v) is 9.19. The predicted molar refractivity (Wildman–Crippen MR) is 116 cm³/mol. The quantitative estimate of drug-likeness (QED) is 0.600. The molecule has 162 valence electrons. The first-order chi connectivity index (χ1) is 13.2. The minimum Gasteiger partial charge on any atom is -0.393 e. The molecule has 2 nitrogen and oxygen atoms in total. The summed E-state index contributed by atoms with van der Waals surface area (Å²) < 4.78 is 0. The lowest BCUT2D eigenvalue weighted by atomic mass is 9.43. The van der Waals surface area contributed by atoms with Crippen LogP contribution in [0.15, 0.2) is 0 Å². The predicted octanol–water partition coefficient (Wildman–Crippen LogP) is 6.19. The third kappa shape index (κ3) is 3.03. The van der Waals surface area contributed by atoms with Crippen LogP contribution in [0, 0.1) is 46.3 Å². The van der Waals surface area contributed by atoms with Crippen LogP contribution >= 0.6 is 0 Å². The average Bonchev–Trinajstić information content (AvgIpc) is 3.04. The molecule has 0 aliphatic heterocycles. The molecule has 28 heavy (non-hydrogen) atoms. The van der Waals surface area contributed by atoms with Crippen molar-refractivity contribution in [3.63, 3.8) is 0 Å². The second kappa shape index (κ2) is 7.26. The standard InChI is InChI=1S/C26H46O2/c1-6-23(27)17(3)20-10-11-21-19-9-8-18-16-26(28,7-2)15-14-24(18,4)22(19)12-13-25(20,21)5/h17-23,27-28H,6-16H2,1-5H3/t17?,18-,19-,20+,21-,22-,23?,24-,25+,26-/m0/s1. The lowest BCUT2D eigenvalue weighted by Crippen LogP contribution is -2.56. The molecule has 0 aromatic rings. The Morgan fingerprint density at radius 1 is 0.893 bits per heavy atom. The Morgan fingerprint density at radius 3 is 2.29 bits per heavy atom. The average molecular weight is 391 g/mol. The van der Waals surface area contributed by atoms with Gasteiger partial charge in [0.05, 0.1) is 11.7 Å². The lowest BCUT2D eigenvalue weighted by Gasteiger charge is -2.62. The molecule has 0 saturated heterocycles. The lowest BCUT2D eigenvalue weighted by molar-refractivity contribution is -0.154. The van der Waals surface area contributed by atoms with Crippen LogP contribution < -0.4 is 0 Å². The Bertz CT molecular complexity index is 575. The fraction of sp³-hybridized carbons (Fsp3) is 1.00. The minimum absolute atomic E-state index is 0.128. The Hall–Kier alpha value is -0.0800. The van der Waals surface area contributed by atoms with Crippen LogP contribution in [0.4, 0.5) is 0 Å². The van der Waals surface area contributed by atoms with Gasteiger partial charge >= 0.3 is 0 Å². The van der Waals surface area contributed by atoms with Crippen LogP contribution in [-0.4, -0.2) is 21.9 Å². The summed E-state index contributed by atoms with van der Waals surface area (Å²) in [5.74, 6) is 4.51. The van der Waals surface area contributed by atoms with Crippen molar-refractivity contribution in [2.24, 2.45) is 46.3 Å². The van der Waals surface area contributed by atoms with E-state index in [4.69, 9.17) is 0 Å². The molecule has 0 aromatic heterocycles. The largest absolute Gasteiger partial charge is 0.393 e. The van der Waals surface area contributed by atoms with E-state index < -0.39 is 0 Å². The van der Waals surface area contributed by atoms with Crippen LogP contribution in [0.5, 0.6) is 0 Å². The zero-order valence-corrected chi connectivity index (χ0v) is 19.2. The van der Waals surface area contributed by atoms with Crippen molar-refractivity contribution in [2.45, 2.75) is 117 Å². The van der Waals surface area contributed by atoms with E-state index in [2.05, 4.69) is 34.6 Å². The Labute approximate surface area is 173 Å². The molecule has 2 N–H and O–H groups in total. The summed E-state index contributed by atoms with van der Waals surface area (Å²) in [7, 11) is 0. The zero-order chi connectivity index (χ0) is 20.3. The van der Waals surface area contributed by atoms with Crippen molar-refractivity contribution < 1.29 is 10.2 Å². The van der Waals surface area contributed by atoms with Gasteiger partial charge in [-0.3, -0.25) is 0 Å². The molecule has 0 spiro atoms. The second-order valence-electron chi connectivity index (χ2n) is 12.0. The molecule has 0 amide bonds. The topological polar surface area (TPSA) is 40.5 Å². The summed E-state index contributed by atoms with van der Waals surface area (Å²) in [6.45, 7) is 11.8. The van der Waals surface area contributed by atoms with E-state index in [1.807, 2.05) is 0 Å². The van der Waals surface area contributed by atoms with Gasteiger partial charge in [-0.1, -0.05) is 34.6 Å². The van der Waals surface area contributed by atoms with Crippen LogP contribution in [0.1, 0.15) is 105 Å². The van der Waals surface area contributed by atoms with E-state index >= 15 is 0 Å². The van der Waals surface area contributed by atoms with Crippen LogP contribution in [0.3, 0.4) is 0 Å². The van der Waals surface area contributed by atoms with E-state index in [-0.39, 0.29) is 11.7 Å². The van der Waals surface area contributed by atoms with Gasteiger partial charge in [0, 0.05) is 0 Å². The number of rotatable bonds is 4. The number of hydrogen-bond acceptors (Lipinski definition) is 2. The summed E-state index contributed by atoms with van der Waals surface area (Å²) >= 11 is 0. The number of aliphatic hydroxyl groups excluding tert-OH is 1. The zero-order valence-electron chi connectivity index (χ0n) is 19.2. The van der Waals surface area contributed by atoms with E-state index in [0.717, 1.165) is 49.4 Å². The van der Waals surface area contributed by atoms with Gasteiger partial charge in [-0.25, -0.2) is 0 Å². The minimum atomic E-state index is -0.385. The van der Waals surface area contributed by atoms with Crippen LogP contribution in [0.2, 0.25) is 0 Å². The van der Waals surface area contributed by atoms with Crippen molar-refractivity contribution in [2.75, 3.05) is 0 Å². The maximum absolute atomic E-state index is 11.0. The maximum atomic E-state index is 11.0. The molecule has 4 saturated carbocycles. The molecule has 0 heterocycles. The first-order valence-electron chi connectivity index (χ1n) is 12.6. The summed E-state index contributed by atoms with van der Waals surface area (Å²) in [5, 5.41) is 21.5. The first-order valence-corrected chi connectivity index (χ1v) is 12.6. The highest BCUT2D eigenvalue weighted by Gasteiger charge is 2.61. The van der Waals surface area contributed by atoms with Gasteiger partial charge in [-0.05, 0) is 117 Å². The Balaban J connectivity index is 1.55. The van der Waals surface area contributed by atoms with Crippen LogP contribution in [0.25, 0.3) is 0 Å². The van der Waals surface area contributed by atoms with Crippen molar-refractivity contribution in [3.8, 4) is 0 Å². The van der Waals surface area contributed by atoms with Gasteiger partial charge in [0.2, 0.25) is 0 Å². The molecule has 0 bridgehead atoms. The number of aliphatic hydroxyl groups is 2. The van der Waals surface area contributed by atoms with Crippen molar-refractivity contribution in [1.29, 1.82) is 0 Å². The highest BCUT2D eigenvalue weighted by atomic mass is 16.3. The van der Waals surface area contributed by atoms with Crippen LogP contribution in [-0.2, 0) is 0 Å². The molecule has 4 fully saturated rings. The van der Waals surface area contributed by atoms with Gasteiger partial charge in [0.25, 0.3) is 0 Å². The Kier molecular flexibility index (Phi) is 5.49. The molecule has 4 aliphatic carbocycles. The van der Waals surface area contributed by atoms with Crippen molar-refractivity contribution in [3.05, 3.63) is 0 Å². The third-order valence-electron chi connectivity index (χ3n) is 11.2. The molecule has 0 radical (unpaired) electrons. The molecule has 0 aromatic carbocycles. The normalized spacial score (nSPS) is 53.0. The molecule has 2 unspecified atom stereocenters. The summed E-state index contributed by atoms with van der Waals surface area (Å²) in [6, 6.07) is 0. The first kappa shape index (κ1) is 21.2. The van der Waals surface area contributed by atoms with Crippen molar-refractivity contribution >= 4 is 0 Å². The van der Waals surface area contributed by atoms with Gasteiger partial charge < -0.3 is 10.2 Å². The molecular weight excluding hydrogens is 344 g/mol. The SMILES string of the molecule is CCC(O)C(C)[C@H]1CC[C@H]2[C@@H]3CC[C@H]4C[C@](O)(CC)CC[C@]4(C)[C@H]3CC[C@]12C. The van der Waals surface area contributed by atoms with E-state index in [0.29, 0.717) is 22.7 Å². The summed E-state index contributed by atoms with van der Waals surface area (Å²) in [6.07, 6.45) is 13.2. The van der Waals surface area contributed by atoms with E-state index in [1.54, 1.807) is 0 Å². The second-order valence-corrected chi connectivity index (χ2v) is 12.0. The summed E-state index contributed by atoms with van der Waals surface area (Å²) in [5.41, 5.74) is 0.515. The molecular formula is C26H46O2. The summed E-state index contributed by atoms with van der Waals surface area (Å²) in [4.78, 5) is 0. The maximum Gasteiger partial charge on any atom is 0.0648 e. The molecule has 4 aliphatic rings. The molecule has 4 rings (SSSR count). The van der Waals surface area contributed by atoms with Gasteiger partial charge in [0.1, 0.15) is 0 Å². The highest BCUT2D eigenvalue weighted by Crippen LogP contribution is 2.69. The Morgan fingerprint density at radius 2 is 1.61 bits per heavy atom. The number of hydrogen-bond donors (Lipinski definition) is 2. The monoisotopic (exact) mass is 390 g/mol. The van der Waals surface area contributed by atoms with Gasteiger partial charge in [-0.15, -0.1) is 0 Å². The van der Waals surface area contributed by atoms with E-state index in [1.165, 1.54) is 44.9 Å². The van der Waals surface area contributed by atoms with E-state index in [9.17, 15) is 10.2 Å². The molecule has 2 heteroatoms. The highest BCUT2D eigenvalue weighted by molar-refractivity contribution is 5.11. The van der Waals surface area contributed by atoms with Gasteiger partial charge in [0.15, 0.2) is 0 Å². The number of fused-ring (bicyclic) bond motifs is 5. The fourth-order valence-electron chi connectivity index (χ4n) is 9.19.